The monoisotopic (exact) mass is 343 g/mol. The standard InChI is InChI=1S/C13H18BrN3O3/c1-2-6-16-13(18)5-7-15-9-10-8-11(14)3-4-12(10)17(19)20/h3-4,8,15H,2,5-7,9H2,1H3,(H,16,18). The van der Waals surface area contributed by atoms with Crippen molar-refractivity contribution in [2.24, 2.45) is 0 Å². The predicted molar refractivity (Wildman–Crippen MR) is 80.4 cm³/mol. The van der Waals surface area contributed by atoms with Crippen LogP contribution in [-0.2, 0) is 11.3 Å². The van der Waals surface area contributed by atoms with Crippen LogP contribution in [0.4, 0.5) is 5.69 Å². The number of nitrogens with one attached hydrogen (secondary N) is 2. The summed E-state index contributed by atoms with van der Waals surface area (Å²) in [4.78, 5) is 21.9. The van der Waals surface area contributed by atoms with Gasteiger partial charge in [0.15, 0.2) is 0 Å². The fourth-order valence-corrected chi connectivity index (χ4v) is 2.06. The van der Waals surface area contributed by atoms with Crippen LogP contribution in [0, 0.1) is 10.1 Å². The van der Waals surface area contributed by atoms with Crippen LogP contribution in [0.2, 0.25) is 0 Å². The van der Waals surface area contributed by atoms with Crippen LogP contribution >= 0.6 is 15.9 Å². The first-order valence-electron chi connectivity index (χ1n) is 6.44. The Labute approximate surface area is 126 Å². The second-order valence-corrected chi connectivity index (χ2v) is 5.22. The Morgan fingerprint density at radius 2 is 2.15 bits per heavy atom. The van der Waals surface area contributed by atoms with Gasteiger partial charge in [0.1, 0.15) is 0 Å². The smallest absolute Gasteiger partial charge is 0.273 e. The summed E-state index contributed by atoms with van der Waals surface area (Å²) in [7, 11) is 0. The summed E-state index contributed by atoms with van der Waals surface area (Å²) >= 11 is 3.29. The van der Waals surface area contributed by atoms with Gasteiger partial charge in [-0.3, -0.25) is 14.9 Å². The number of nitro groups is 1. The van der Waals surface area contributed by atoms with Crippen molar-refractivity contribution in [2.45, 2.75) is 26.3 Å². The minimum atomic E-state index is -0.405. The largest absolute Gasteiger partial charge is 0.356 e. The number of amides is 1. The molecule has 20 heavy (non-hydrogen) atoms. The maximum atomic E-state index is 11.4. The Morgan fingerprint density at radius 3 is 2.80 bits per heavy atom. The van der Waals surface area contributed by atoms with Crippen molar-refractivity contribution < 1.29 is 9.72 Å². The molecular formula is C13H18BrN3O3. The number of hydrogen-bond donors (Lipinski definition) is 2. The maximum Gasteiger partial charge on any atom is 0.273 e. The summed E-state index contributed by atoms with van der Waals surface area (Å²) in [6.45, 7) is 3.51. The number of rotatable bonds is 8. The molecule has 1 rings (SSSR count). The Kier molecular flexibility index (Phi) is 7.17. The summed E-state index contributed by atoms with van der Waals surface area (Å²) < 4.78 is 0.792. The van der Waals surface area contributed by atoms with Crippen LogP contribution in [0.25, 0.3) is 0 Å². The summed E-state index contributed by atoms with van der Waals surface area (Å²) in [5.41, 5.74) is 0.675. The van der Waals surface area contributed by atoms with E-state index in [4.69, 9.17) is 0 Å². The van der Waals surface area contributed by atoms with Gasteiger partial charge in [0.25, 0.3) is 5.69 Å². The molecule has 0 aliphatic heterocycles. The molecule has 6 nitrogen and oxygen atoms in total. The van der Waals surface area contributed by atoms with Crippen molar-refractivity contribution in [3.8, 4) is 0 Å². The van der Waals surface area contributed by atoms with Crippen molar-refractivity contribution in [3.63, 3.8) is 0 Å². The molecule has 2 N–H and O–H groups in total. The first kappa shape index (κ1) is 16.6. The van der Waals surface area contributed by atoms with Crippen LogP contribution in [-0.4, -0.2) is 23.9 Å². The molecule has 1 amide bonds. The molecule has 0 spiro atoms. The quantitative estimate of drug-likeness (QED) is 0.431. The molecule has 0 saturated carbocycles. The minimum Gasteiger partial charge on any atom is -0.356 e. The SMILES string of the molecule is CCCNC(=O)CCNCc1cc(Br)ccc1[N+](=O)[O-]. The summed E-state index contributed by atoms with van der Waals surface area (Å²) in [6.07, 6.45) is 1.27. The molecule has 0 aromatic heterocycles. The second kappa shape index (κ2) is 8.65. The predicted octanol–water partition coefficient (Wildman–Crippen LogP) is 2.36. The van der Waals surface area contributed by atoms with Crippen molar-refractivity contribution in [3.05, 3.63) is 38.3 Å². The zero-order chi connectivity index (χ0) is 15.0. The van der Waals surface area contributed by atoms with Gasteiger partial charge in [0, 0.05) is 42.2 Å². The van der Waals surface area contributed by atoms with Crippen molar-refractivity contribution in [1.29, 1.82) is 0 Å². The molecule has 0 atom stereocenters. The van der Waals surface area contributed by atoms with E-state index in [2.05, 4.69) is 26.6 Å². The number of benzene rings is 1. The molecule has 0 fully saturated rings. The lowest BCUT2D eigenvalue weighted by molar-refractivity contribution is -0.385. The Morgan fingerprint density at radius 1 is 1.40 bits per heavy atom. The Balaban J connectivity index is 2.44. The Hall–Kier alpha value is -1.47. The number of nitrogens with zero attached hydrogens (tertiary/aromatic N) is 1. The molecule has 0 radical (unpaired) electrons. The van der Waals surface area contributed by atoms with E-state index in [9.17, 15) is 14.9 Å². The van der Waals surface area contributed by atoms with E-state index in [1.807, 2.05) is 6.92 Å². The third-order valence-electron chi connectivity index (χ3n) is 2.65. The van der Waals surface area contributed by atoms with Crippen LogP contribution in [0.3, 0.4) is 0 Å². The van der Waals surface area contributed by atoms with Gasteiger partial charge < -0.3 is 10.6 Å². The van der Waals surface area contributed by atoms with Gasteiger partial charge in [0.2, 0.25) is 5.91 Å². The lowest BCUT2D eigenvalue weighted by Gasteiger charge is -2.07. The number of carbonyl (C=O) groups is 1. The molecule has 0 bridgehead atoms. The van der Waals surface area contributed by atoms with Crippen LogP contribution in [0.1, 0.15) is 25.3 Å². The molecule has 0 aliphatic rings. The first-order valence-corrected chi connectivity index (χ1v) is 7.24. The highest BCUT2D eigenvalue weighted by Crippen LogP contribution is 2.22. The van der Waals surface area contributed by atoms with Gasteiger partial charge in [-0.2, -0.15) is 0 Å². The zero-order valence-electron chi connectivity index (χ0n) is 11.3. The molecule has 1 aromatic rings. The molecule has 7 heteroatoms. The molecule has 0 saturated heterocycles. The van der Waals surface area contributed by atoms with Gasteiger partial charge in [-0.15, -0.1) is 0 Å². The molecule has 0 heterocycles. The summed E-state index contributed by atoms with van der Waals surface area (Å²) in [6, 6.07) is 4.82. The van der Waals surface area contributed by atoms with E-state index in [1.54, 1.807) is 12.1 Å². The highest BCUT2D eigenvalue weighted by atomic mass is 79.9. The molecule has 110 valence electrons. The molecular weight excluding hydrogens is 326 g/mol. The fraction of sp³-hybridized carbons (Fsp3) is 0.462. The highest BCUT2D eigenvalue weighted by molar-refractivity contribution is 9.10. The lowest BCUT2D eigenvalue weighted by Crippen LogP contribution is -2.28. The van der Waals surface area contributed by atoms with E-state index < -0.39 is 4.92 Å². The average molecular weight is 344 g/mol. The third-order valence-corrected chi connectivity index (χ3v) is 3.15. The third kappa shape index (κ3) is 5.66. The summed E-state index contributed by atoms with van der Waals surface area (Å²) in [5.74, 6) is -0.0110. The zero-order valence-corrected chi connectivity index (χ0v) is 12.9. The molecule has 0 aliphatic carbocycles. The highest BCUT2D eigenvalue weighted by Gasteiger charge is 2.13. The van der Waals surface area contributed by atoms with Gasteiger partial charge in [-0.05, 0) is 18.6 Å². The van der Waals surface area contributed by atoms with E-state index >= 15 is 0 Å². The molecule has 1 aromatic carbocycles. The number of carbonyl (C=O) groups excluding carboxylic acids is 1. The van der Waals surface area contributed by atoms with Crippen LogP contribution < -0.4 is 10.6 Å². The van der Waals surface area contributed by atoms with Gasteiger partial charge in [-0.1, -0.05) is 22.9 Å². The van der Waals surface area contributed by atoms with Gasteiger partial charge >= 0.3 is 0 Å². The van der Waals surface area contributed by atoms with Crippen LogP contribution in [0.5, 0.6) is 0 Å². The van der Waals surface area contributed by atoms with Gasteiger partial charge in [0.05, 0.1) is 4.92 Å². The maximum absolute atomic E-state index is 11.4. The fourth-order valence-electron chi connectivity index (χ4n) is 1.65. The van der Waals surface area contributed by atoms with Crippen molar-refractivity contribution in [2.75, 3.05) is 13.1 Å². The van der Waals surface area contributed by atoms with E-state index in [0.29, 0.717) is 31.6 Å². The van der Waals surface area contributed by atoms with E-state index in [1.165, 1.54) is 6.07 Å². The van der Waals surface area contributed by atoms with Crippen molar-refractivity contribution >= 4 is 27.5 Å². The topological polar surface area (TPSA) is 84.3 Å². The number of nitro benzene ring substituents is 1. The normalized spacial score (nSPS) is 10.3. The number of hydrogen-bond acceptors (Lipinski definition) is 4. The molecule has 0 unspecified atom stereocenters. The van der Waals surface area contributed by atoms with E-state index in [-0.39, 0.29) is 11.6 Å². The average Bonchev–Trinajstić information content (AvgIpc) is 2.41. The van der Waals surface area contributed by atoms with Crippen LogP contribution in [0.15, 0.2) is 22.7 Å². The second-order valence-electron chi connectivity index (χ2n) is 4.31. The van der Waals surface area contributed by atoms with E-state index in [0.717, 1.165) is 10.9 Å². The lowest BCUT2D eigenvalue weighted by atomic mass is 10.2. The Bertz CT molecular complexity index is 480. The first-order chi connectivity index (χ1) is 9.54. The van der Waals surface area contributed by atoms with Crippen molar-refractivity contribution in [1.82, 2.24) is 10.6 Å². The summed E-state index contributed by atoms with van der Waals surface area (Å²) in [5, 5.41) is 16.7. The van der Waals surface area contributed by atoms with Gasteiger partial charge in [-0.25, -0.2) is 0 Å². The number of halogens is 1. The minimum absolute atomic E-state index is 0.0110.